The summed E-state index contributed by atoms with van der Waals surface area (Å²) in [5, 5.41) is 3.68. The molecule has 0 bridgehead atoms. The molecule has 0 spiro atoms. The number of aromatic amines is 1. The van der Waals surface area contributed by atoms with Gasteiger partial charge in [0.25, 0.3) is 0 Å². The fraction of sp³-hybridized carbons (Fsp3) is 0.467. The summed E-state index contributed by atoms with van der Waals surface area (Å²) >= 11 is 0. The molecular weight excluding hydrogens is 330 g/mol. The number of piperazine rings is 1. The highest BCUT2D eigenvalue weighted by Gasteiger charge is 2.35. The molecule has 128 valence electrons. The Kier molecular flexibility index (Phi) is 3.78. The lowest BCUT2D eigenvalue weighted by Crippen LogP contribution is -2.57. The highest BCUT2D eigenvalue weighted by atomic mass is 32.2. The lowest BCUT2D eigenvalue weighted by molar-refractivity contribution is -0.138. The number of aromatic nitrogens is 2. The van der Waals surface area contributed by atoms with Crippen LogP contribution in [0.5, 0.6) is 0 Å². The van der Waals surface area contributed by atoms with Crippen LogP contribution in [-0.4, -0.2) is 72.8 Å². The summed E-state index contributed by atoms with van der Waals surface area (Å²) in [5.41, 5.74) is 0.558. The van der Waals surface area contributed by atoms with Crippen molar-refractivity contribution in [2.45, 2.75) is 4.90 Å². The molecule has 1 amide bonds. The van der Waals surface area contributed by atoms with Gasteiger partial charge in [-0.3, -0.25) is 4.79 Å². The number of H-pyrrole nitrogens is 1. The molecule has 2 N–H and O–H groups in total. The highest BCUT2D eigenvalue weighted by molar-refractivity contribution is 7.89. The van der Waals surface area contributed by atoms with Crippen LogP contribution < -0.4 is 5.32 Å². The number of hydrogen-bond donors (Lipinski definition) is 2. The molecule has 9 heteroatoms. The average molecular weight is 349 g/mol. The second kappa shape index (κ2) is 5.83. The predicted octanol–water partition coefficient (Wildman–Crippen LogP) is -0.385. The molecule has 24 heavy (non-hydrogen) atoms. The summed E-state index contributed by atoms with van der Waals surface area (Å²) < 4.78 is 27.3. The first-order valence-electron chi connectivity index (χ1n) is 7.99. The first-order chi connectivity index (χ1) is 11.6. The molecule has 0 saturated carbocycles. The lowest BCUT2D eigenvalue weighted by Gasteiger charge is -2.37. The van der Waals surface area contributed by atoms with Crippen molar-refractivity contribution in [3.05, 3.63) is 24.5 Å². The van der Waals surface area contributed by atoms with Crippen LogP contribution in [0.25, 0.3) is 11.0 Å². The Bertz CT molecular complexity index is 866. The Morgan fingerprint density at radius 2 is 1.96 bits per heavy atom. The molecule has 0 atom stereocenters. The van der Waals surface area contributed by atoms with Gasteiger partial charge >= 0.3 is 0 Å². The SMILES string of the molecule is O=C(C1CNC1)N1CCN(S(=O)(=O)c2c[nH]c3ncccc23)CC1. The molecule has 2 aromatic heterocycles. The summed E-state index contributed by atoms with van der Waals surface area (Å²) in [6, 6.07) is 3.47. The summed E-state index contributed by atoms with van der Waals surface area (Å²) in [7, 11) is -3.59. The van der Waals surface area contributed by atoms with E-state index in [1.54, 1.807) is 23.2 Å². The number of nitrogens with one attached hydrogen (secondary N) is 2. The van der Waals surface area contributed by atoms with Gasteiger partial charge in [-0.2, -0.15) is 4.31 Å². The van der Waals surface area contributed by atoms with Gasteiger partial charge in [0, 0.05) is 57.0 Å². The van der Waals surface area contributed by atoms with Crippen LogP contribution in [0.3, 0.4) is 0 Å². The number of hydrogen-bond acceptors (Lipinski definition) is 5. The number of sulfonamides is 1. The largest absolute Gasteiger partial charge is 0.345 e. The molecule has 2 saturated heterocycles. The number of rotatable bonds is 3. The van der Waals surface area contributed by atoms with Gasteiger partial charge < -0.3 is 15.2 Å². The van der Waals surface area contributed by atoms with E-state index in [1.165, 1.54) is 10.5 Å². The standard InChI is InChI=1S/C15H19N5O3S/c21-15(11-8-16-9-11)19-4-6-20(7-5-19)24(22,23)13-10-18-14-12(13)2-1-3-17-14/h1-3,10-11,16H,4-9H2,(H,17,18). The van der Waals surface area contributed by atoms with Crippen LogP contribution in [0.1, 0.15) is 0 Å². The Hall–Kier alpha value is -1.97. The summed E-state index contributed by atoms with van der Waals surface area (Å²) in [6.07, 6.45) is 3.11. The van der Waals surface area contributed by atoms with Crippen molar-refractivity contribution in [1.29, 1.82) is 0 Å². The molecule has 2 fully saturated rings. The number of pyridine rings is 1. The molecule has 8 nitrogen and oxygen atoms in total. The molecule has 0 aromatic carbocycles. The van der Waals surface area contributed by atoms with Gasteiger partial charge in [0.2, 0.25) is 15.9 Å². The van der Waals surface area contributed by atoms with Crippen LogP contribution >= 0.6 is 0 Å². The first-order valence-corrected chi connectivity index (χ1v) is 9.43. The zero-order valence-electron chi connectivity index (χ0n) is 13.1. The van der Waals surface area contributed by atoms with Crippen molar-refractivity contribution >= 4 is 27.0 Å². The van der Waals surface area contributed by atoms with E-state index >= 15 is 0 Å². The van der Waals surface area contributed by atoms with Gasteiger partial charge in [0.15, 0.2) is 0 Å². The average Bonchev–Trinajstić information content (AvgIpc) is 2.98. The zero-order valence-corrected chi connectivity index (χ0v) is 13.9. The van der Waals surface area contributed by atoms with E-state index in [2.05, 4.69) is 15.3 Å². The molecule has 0 unspecified atom stereocenters. The van der Waals surface area contributed by atoms with Gasteiger partial charge in [-0.15, -0.1) is 0 Å². The molecule has 4 heterocycles. The Balaban J connectivity index is 1.51. The Labute approximate surface area is 139 Å². The highest BCUT2D eigenvalue weighted by Crippen LogP contribution is 2.25. The summed E-state index contributed by atoms with van der Waals surface area (Å²) in [6.45, 7) is 2.96. The van der Waals surface area contributed by atoms with Crippen molar-refractivity contribution in [2.24, 2.45) is 5.92 Å². The van der Waals surface area contributed by atoms with E-state index in [4.69, 9.17) is 0 Å². The van der Waals surface area contributed by atoms with Crippen molar-refractivity contribution in [1.82, 2.24) is 24.5 Å². The molecular formula is C15H19N5O3S. The number of nitrogens with zero attached hydrogens (tertiary/aromatic N) is 3. The normalized spacial score (nSPS) is 20.2. The zero-order chi connectivity index (χ0) is 16.7. The minimum Gasteiger partial charge on any atom is -0.345 e. The number of carbonyl (C=O) groups excluding carboxylic acids is 1. The molecule has 2 aliphatic rings. The lowest BCUT2D eigenvalue weighted by atomic mass is 10.0. The molecule has 0 aliphatic carbocycles. The van der Waals surface area contributed by atoms with Gasteiger partial charge in [-0.25, -0.2) is 13.4 Å². The van der Waals surface area contributed by atoms with Crippen LogP contribution in [0, 0.1) is 5.92 Å². The summed E-state index contributed by atoms with van der Waals surface area (Å²) in [5.74, 6) is 0.176. The van der Waals surface area contributed by atoms with E-state index in [9.17, 15) is 13.2 Å². The van der Waals surface area contributed by atoms with E-state index in [0.717, 1.165) is 13.1 Å². The quantitative estimate of drug-likeness (QED) is 0.787. The number of fused-ring (bicyclic) bond motifs is 1. The molecule has 2 aromatic rings. The topological polar surface area (TPSA) is 98.4 Å². The van der Waals surface area contributed by atoms with Gasteiger partial charge in [0.05, 0.1) is 5.92 Å². The monoisotopic (exact) mass is 349 g/mol. The molecule has 0 radical (unpaired) electrons. The third-order valence-corrected chi connectivity index (χ3v) is 6.65. The van der Waals surface area contributed by atoms with E-state index < -0.39 is 10.0 Å². The second-order valence-electron chi connectivity index (χ2n) is 6.14. The van der Waals surface area contributed by atoms with Crippen LogP contribution in [0.4, 0.5) is 0 Å². The maximum absolute atomic E-state index is 12.9. The van der Waals surface area contributed by atoms with E-state index in [-0.39, 0.29) is 16.7 Å². The minimum absolute atomic E-state index is 0.0489. The molecule has 4 rings (SSSR count). The smallest absolute Gasteiger partial charge is 0.245 e. The van der Waals surface area contributed by atoms with Crippen LogP contribution in [0.15, 0.2) is 29.4 Å². The van der Waals surface area contributed by atoms with Crippen LogP contribution in [-0.2, 0) is 14.8 Å². The summed E-state index contributed by atoms with van der Waals surface area (Å²) in [4.78, 5) is 21.3. The van der Waals surface area contributed by atoms with E-state index in [0.29, 0.717) is 37.2 Å². The number of carbonyl (C=O) groups is 1. The fourth-order valence-electron chi connectivity index (χ4n) is 3.15. The minimum atomic E-state index is -3.59. The third-order valence-electron chi connectivity index (χ3n) is 4.71. The van der Waals surface area contributed by atoms with Gasteiger partial charge in [-0.1, -0.05) is 0 Å². The maximum atomic E-state index is 12.9. The van der Waals surface area contributed by atoms with Crippen molar-refractivity contribution in [2.75, 3.05) is 39.3 Å². The predicted molar refractivity (Wildman–Crippen MR) is 87.8 cm³/mol. The third kappa shape index (κ3) is 2.48. The maximum Gasteiger partial charge on any atom is 0.245 e. The van der Waals surface area contributed by atoms with E-state index in [1.807, 2.05) is 0 Å². The molecule has 2 aliphatic heterocycles. The van der Waals surface area contributed by atoms with Gasteiger partial charge in [-0.05, 0) is 12.1 Å². The first kappa shape index (κ1) is 15.6. The Morgan fingerprint density at radius 3 is 2.62 bits per heavy atom. The van der Waals surface area contributed by atoms with Crippen molar-refractivity contribution < 1.29 is 13.2 Å². The Morgan fingerprint density at radius 1 is 1.21 bits per heavy atom. The van der Waals surface area contributed by atoms with Crippen molar-refractivity contribution in [3.63, 3.8) is 0 Å². The fourth-order valence-corrected chi connectivity index (χ4v) is 4.73. The van der Waals surface area contributed by atoms with Gasteiger partial charge in [0.1, 0.15) is 10.5 Å². The second-order valence-corrected chi connectivity index (χ2v) is 8.04. The van der Waals surface area contributed by atoms with Crippen molar-refractivity contribution in [3.8, 4) is 0 Å². The van der Waals surface area contributed by atoms with Crippen LogP contribution in [0.2, 0.25) is 0 Å². The number of amides is 1.